The minimum atomic E-state index is -0.620. The molecule has 1 aliphatic rings. The molecule has 0 bridgehead atoms. The van der Waals surface area contributed by atoms with Gasteiger partial charge in [0.05, 0.1) is 19.3 Å². The second-order valence-corrected chi connectivity index (χ2v) is 5.22. The zero-order valence-electron chi connectivity index (χ0n) is 12.2. The first kappa shape index (κ1) is 15.4. The number of hydrogen-bond acceptors (Lipinski definition) is 5. The van der Waals surface area contributed by atoms with Gasteiger partial charge >= 0.3 is 0 Å². The summed E-state index contributed by atoms with van der Waals surface area (Å²) in [5.41, 5.74) is 1.10. The minimum absolute atomic E-state index is 0.176. The second kappa shape index (κ2) is 7.15. The van der Waals surface area contributed by atoms with Gasteiger partial charge in [0.15, 0.2) is 6.29 Å². The van der Waals surface area contributed by atoms with Crippen LogP contribution in [0.15, 0.2) is 30.3 Å². The van der Waals surface area contributed by atoms with E-state index in [0.29, 0.717) is 13.2 Å². The van der Waals surface area contributed by atoms with Gasteiger partial charge in [0.25, 0.3) is 0 Å². The van der Waals surface area contributed by atoms with Crippen molar-refractivity contribution in [2.75, 3.05) is 27.8 Å². The van der Waals surface area contributed by atoms with Crippen molar-refractivity contribution in [1.29, 1.82) is 0 Å². The van der Waals surface area contributed by atoms with Crippen molar-refractivity contribution in [2.45, 2.75) is 31.1 Å². The van der Waals surface area contributed by atoms with Crippen molar-refractivity contribution in [3.63, 3.8) is 0 Å². The summed E-state index contributed by atoms with van der Waals surface area (Å²) in [4.78, 5) is 1.91. The Morgan fingerprint density at radius 1 is 1.25 bits per heavy atom. The summed E-state index contributed by atoms with van der Waals surface area (Å²) in [6.07, 6.45) is -1.41. The van der Waals surface area contributed by atoms with E-state index in [2.05, 4.69) is 0 Å². The van der Waals surface area contributed by atoms with E-state index in [0.717, 1.165) is 5.56 Å². The Hall–Kier alpha value is -0.980. The number of likely N-dealkylation sites (N-methyl/N-ethyl adjacent to an activating group) is 1. The molecule has 5 heteroatoms. The lowest BCUT2D eigenvalue weighted by Gasteiger charge is -2.25. The molecule has 0 unspecified atom stereocenters. The molecule has 20 heavy (non-hydrogen) atoms. The zero-order chi connectivity index (χ0) is 14.5. The Balaban J connectivity index is 1.84. The fraction of sp³-hybridized carbons (Fsp3) is 0.600. The highest BCUT2D eigenvalue weighted by Crippen LogP contribution is 2.25. The number of benzene rings is 1. The lowest BCUT2D eigenvalue weighted by Crippen LogP contribution is -2.45. The summed E-state index contributed by atoms with van der Waals surface area (Å²) in [7, 11) is 5.38. The van der Waals surface area contributed by atoms with Crippen LogP contribution in [-0.2, 0) is 20.8 Å². The van der Waals surface area contributed by atoms with Gasteiger partial charge in [-0.15, -0.1) is 0 Å². The summed E-state index contributed by atoms with van der Waals surface area (Å²) < 4.78 is 16.6. The lowest BCUT2D eigenvalue weighted by atomic mass is 10.1. The molecule has 2 rings (SSSR count). The van der Waals surface area contributed by atoms with Crippen LogP contribution in [0.5, 0.6) is 0 Å². The van der Waals surface area contributed by atoms with E-state index >= 15 is 0 Å². The molecule has 1 aliphatic heterocycles. The van der Waals surface area contributed by atoms with Gasteiger partial charge < -0.3 is 19.3 Å². The van der Waals surface area contributed by atoms with Gasteiger partial charge in [-0.2, -0.15) is 0 Å². The van der Waals surface area contributed by atoms with E-state index in [9.17, 15) is 5.11 Å². The van der Waals surface area contributed by atoms with Crippen LogP contribution in [0.4, 0.5) is 0 Å². The van der Waals surface area contributed by atoms with Crippen LogP contribution < -0.4 is 0 Å². The van der Waals surface area contributed by atoms with Gasteiger partial charge in [-0.25, -0.2) is 0 Å². The second-order valence-electron chi connectivity index (χ2n) is 5.22. The minimum Gasteiger partial charge on any atom is -0.388 e. The van der Waals surface area contributed by atoms with E-state index in [4.69, 9.17) is 14.2 Å². The summed E-state index contributed by atoms with van der Waals surface area (Å²) in [5, 5.41) is 10.3. The maximum Gasteiger partial charge on any atom is 0.175 e. The molecule has 0 radical (unpaired) electrons. The van der Waals surface area contributed by atoms with Gasteiger partial charge in [-0.1, -0.05) is 30.3 Å². The highest BCUT2D eigenvalue weighted by Gasteiger charge is 2.45. The number of aliphatic hydroxyl groups excluding tert-OH is 1. The van der Waals surface area contributed by atoms with Crippen LogP contribution in [0.3, 0.4) is 0 Å². The highest BCUT2D eigenvalue weighted by molar-refractivity contribution is 5.13. The van der Waals surface area contributed by atoms with E-state index in [1.807, 2.05) is 49.3 Å². The van der Waals surface area contributed by atoms with Gasteiger partial charge in [0, 0.05) is 7.11 Å². The fourth-order valence-corrected chi connectivity index (χ4v) is 2.46. The van der Waals surface area contributed by atoms with E-state index in [1.54, 1.807) is 7.11 Å². The van der Waals surface area contributed by atoms with Crippen LogP contribution in [0.25, 0.3) is 0 Å². The van der Waals surface area contributed by atoms with E-state index in [-0.39, 0.29) is 12.1 Å². The third-order valence-electron chi connectivity index (χ3n) is 3.54. The Labute approximate surface area is 120 Å². The smallest absolute Gasteiger partial charge is 0.175 e. The summed E-state index contributed by atoms with van der Waals surface area (Å²) in [6.45, 7) is 0.859. The first-order valence-corrected chi connectivity index (χ1v) is 6.78. The third-order valence-corrected chi connectivity index (χ3v) is 3.54. The molecule has 0 aromatic heterocycles. The van der Waals surface area contributed by atoms with Crippen LogP contribution in [0, 0.1) is 0 Å². The Morgan fingerprint density at radius 2 is 1.95 bits per heavy atom. The molecule has 1 N–H and O–H groups in total. The van der Waals surface area contributed by atoms with Crippen LogP contribution in [0.2, 0.25) is 0 Å². The summed E-state index contributed by atoms with van der Waals surface area (Å²) in [6, 6.07) is 9.76. The molecule has 1 saturated heterocycles. The van der Waals surface area contributed by atoms with Gasteiger partial charge in [0.1, 0.15) is 12.2 Å². The SMILES string of the molecule is CO[C@@H]1O[C@H](COCc2ccccc2)[C@@H](O)[C@@H]1N(C)C. The largest absolute Gasteiger partial charge is 0.388 e. The normalized spacial score (nSPS) is 30.1. The Morgan fingerprint density at radius 3 is 2.50 bits per heavy atom. The first-order chi connectivity index (χ1) is 9.63. The van der Waals surface area contributed by atoms with Gasteiger partial charge in [-0.3, -0.25) is 4.90 Å². The molecule has 0 aliphatic carbocycles. The Bertz CT molecular complexity index is 398. The predicted octanol–water partition coefficient (Wildman–Crippen LogP) is 0.866. The first-order valence-electron chi connectivity index (χ1n) is 6.78. The molecule has 0 amide bonds. The monoisotopic (exact) mass is 281 g/mol. The van der Waals surface area contributed by atoms with Crippen molar-refractivity contribution < 1.29 is 19.3 Å². The fourth-order valence-electron chi connectivity index (χ4n) is 2.46. The molecule has 0 saturated carbocycles. The topological polar surface area (TPSA) is 51.2 Å². The lowest BCUT2D eigenvalue weighted by molar-refractivity contribution is -0.145. The standard InChI is InChI=1S/C15H23NO4/c1-16(2)13-14(17)12(20-15(13)18-3)10-19-9-11-7-5-4-6-8-11/h4-8,12-15,17H,9-10H2,1-3H3/t12-,13+,14-,15-/m1/s1. The van der Waals surface area contributed by atoms with Crippen molar-refractivity contribution in [3.05, 3.63) is 35.9 Å². The number of methoxy groups -OCH3 is 1. The molecular formula is C15H23NO4. The van der Waals surface area contributed by atoms with Crippen molar-refractivity contribution in [3.8, 4) is 0 Å². The molecule has 1 fully saturated rings. The number of aliphatic hydroxyl groups is 1. The maximum atomic E-state index is 10.3. The Kier molecular flexibility index (Phi) is 5.51. The van der Waals surface area contributed by atoms with E-state index in [1.165, 1.54) is 0 Å². The third kappa shape index (κ3) is 3.56. The van der Waals surface area contributed by atoms with Gasteiger partial charge in [0.2, 0.25) is 0 Å². The maximum absolute atomic E-state index is 10.3. The molecule has 1 aromatic carbocycles. The zero-order valence-corrected chi connectivity index (χ0v) is 12.2. The van der Waals surface area contributed by atoms with Crippen LogP contribution in [-0.4, -0.2) is 62.4 Å². The van der Waals surface area contributed by atoms with Crippen molar-refractivity contribution >= 4 is 0 Å². The van der Waals surface area contributed by atoms with Crippen LogP contribution >= 0.6 is 0 Å². The molecule has 112 valence electrons. The molecule has 1 aromatic rings. The quantitative estimate of drug-likeness (QED) is 0.838. The average molecular weight is 281 g/mol. The summed E-state index contributed by atoms with van der Waals surface area (Å²) in [5.74, 6) is 0. The molecular weight excluding hydrogens is 258 g/mol. The highest BCUT2D eigenvalue weighted by atomic mass is 16.7. The van der Waals surface area contributed by atoms with Crippen molar-refractivity contribution in [1.82, 2.24) is 4.90 Å². The molecule has 1 heterocycles. The molecule has 4 atom stereocenters. The number of rotatable bonds is 6. The van der Waals surface area contributed by atoms with Gasteiger partial charge in [-0.05, 0) is 19.7 Å². The molecule has 5 nitrogen and oxygen atoms in total. The van der Waals surface area contributed by atoms with Crippen LogP contribution in [0.1, 0.15) is 5.56 Å². The summed E-state index contributed by atoms with van der Waals surface area (Å²) >= 11 is 0. The number of nitrogens with zero attached hydrogens (tertiary/aromatic N) is 1. The van der Waals surface area contributed by atoms with Crippen molar-refractivity contribution in [2.24, 2.45) is 0 Å². The van der Waals surface area contributed by atoms with E-state index < -0.39 is 12.4 Å². The average Bonchev–Trinajstić information content (AvgIpc) is 2.77. The number of ether oxygens (including phenoxy) is 3. The predicted molar refractivity (Wildman–Crippen MR) is 75.2 cm³/mol. The molecule has 0 spiro atoms. The number of hydrogen-bond donors (Lipinski definition) is 1.